The molecule has 8 heteroatoms. The molecule has 0 saturated carbocycles. The Hall–Kier alpha value is -1.22. The number of esters is 2. The predicted octanol–water partition coefficient (Wildman–Crippen LogP) is 10.0. The Balaban J connectivity index is 4.33. The van der Waals surface area contributed by atoms with Crippen LogP contribution in [0.4, 0.5) is 0 Å². The second-order valence-electron chi connectivity index (χ2n) is 15.0. The molecule has 0 fully saturated rings. The summed E-state index contributed by atoms with van der Waals surface area (Å²) in [5.41, 5.74) is 0. The third-order valence-electron chi connectivity index (χ3n) is 10.1. The Morgan fingerprint density at radius 2 is 0.863 bits per heavy atom. The number of aliphatic hydroxyl groups is 2. The molecule has 0 bridgehead atoms. The van der Waals surface area contributed by atoms with E-state index < -0.39 is 0 Å². The van der Waals surface area contributed by atoms with Crippen LogP contribution in [0.15, 0.2) is 0 Å². The molecule has 0 aliphatic carbocycles. The maximum atomic E-state index is 12.8. The van der Waals surface area contributed by atoms with Crippen LogP contribution in [0, 0.1) is 0 Å². The largest absolute Gasteiger partial charge is 0.466 e. The maximum absolute atomic E-state index is 12.8. The summed E-state index contributed by atoms with van der Waals surface area (Å²) in [4.78, 5) is 29.4. The molecule has 0 aromatic rings. The minimum absolute atomic E-state index is 0.0409. The average Bonchev–Trinajstić information content (AvgIpc) is 3.12. The summed E-state index contributed by atoms with van der Waals surface area (Å²) in [6.45, 7) is 11.8. The first kappa shape index (κ1) is 49.8. The number of nitrogens with zero attached hydrogens (tertiary/aromatic N) is 2. The zero-order chi connectivity index (χ0) is 37.5. The molecule has 0 radical (unpaired) electrons. The zero-order valence-corrected chi connectivity index (χ0v) is 34.2. The van der Waals surface area contributed by atoms with Gasteiger partial charge in [0.1, 0.15) is 6.10 Å². The van der Waals surface area contributed by atoms with Gasteiger partial charge in [0, 0.05) is 39.0 Å². The van der Waals surface area contributed by atoms with Gasteiger partial charge in [-0.3, -0.25) is 19.4 Å². The van der Waals surface area contributed by atoms with Gasteiger partial charge in [-0.2, -0.15) is 0 Å². The fourth-order valence-corrected chi connectivity index (χ4v) is 6.77. The lowest BCUT2D eigenvalue weighted by atomic mass is 10.0. The Morgan fingerprint density at radius 3 is 1.35 bits per heavy atom. The summed E-state index contributed by atoms with van der Waals surface area (Å²) in [6, 6.07) is 0. The normalized spacial score (nSPS) is 11.7. The van der Waals surface area contributed by atoms with E-state index in [1.807, 2.05) is 0 Å². The van der Waals surface area contributed by atoms with Crippen LogP contribution in [0.2, 0.25) is 0 Å². The van der Waals surface area contributed by atoms with E-state index in [0.717, 1.165) is 84.0 Å². The van der Waals surface area contributed by atoms with Crippen molar-refractivity contribution in [1.82, 2.24) is 9.80 Å². The quantitative estimate of drug-likeness (QED) is 0.0475. The number of ether oxygens (including phenoxy) is 2. The van der Waals surface area contributed by atoms with Crippen molar-refractivity contribution >= 4 is 11.9 Å². The number of carbonyl (C=O) groups excluding carboxylic acids is 2. The van der Waals surface area contributed by atoms with Crippen molar-refractivity contribution in [2.75, 3.05) is 59.1 Å². The van der Waals surface area contributed by atoms with E-state index in [2.05, 4.69) is 30.6 Å². The SMILES string of the molecule is CCCCCCCCCCOC(=O)CCCN(CCO)CCN(CCO)CCCCCC(=O)OC(CCCCCCCC)CCCCCCCC. The van der Waals surface area contributed by atoms with E-state index in [1.165, 1.54) is 103 Å². The predicted molar refractivity (Wildman–Crippen MR) is 214 cm³/mol. The lowest BCUT2D eigenvalue weighted by molar-refractivity contribution is -0.150. The van der Waals surface area contributed by atoms with Gasteiger partial charge < -0.3 is 19.7 Å². The Labute approximate surface area is 316 Å². The van der Waals surface area contributed by atoms with Crippen LogP contribution < -0.4 is 0 Å². The summed E-state index contributed by atoms with van der Waals surface area (Å²) in [7, 11) is 0. The minimum atomic E-state index is -0.126. The molecule has 0 aromatic carbocycles. The highest BCUT2D eigenvalue weighted by Gasteiger charge is 2.15. The van der Waals surface area contributed by atoms with E-state index in [-0.39, 0.29) is 31.3 Å². The van der Waals surface area contributed by atoms with Gasteiger partial charge in [0.05, 0.1) is 19.8 Å². The standard InChI is InChI=1S/C43H86N2O6/c1-4-7-10-13-16-17-20-26-40-50-42(48)31-27-33-45(37-39-47)35-34-44(36-38-46)32-25-21-24-30-43(49)51-41(28-22-18-14-11-8-5-2)29-23-19-15-12-9-6-3/h41,46-47H,4-40H2,1-3H3. The average molecular weight is 727 g/mol. The first-order valence-electron chi connectivity index (χ1n) is 22.0. The molecule has 2 N–H and O–H groups in total. The summed E-state index contributed by atoms with van der Waals surface area (Å²) in [5, 5.41) is 19.3. The lowest BCUT2D eigenvalue weighted by Crippen LogP contribution is -2.38. The zero-order valence-electron chi connectivity index (χ0n) is 34.2. The summed E-state index contributed by atoms with van der Waals surface area (Å²) in [6.07, 6.45) is 31.4. The second-order valence-corrected chi connectivity index (χ2v) is 15.0. The van der Waals surface area contributed by atoms with Crippen LogP contribution in [0.5, 0.6) is 0 Å². The van der Waals surface area contributed by atoms with E-state index in [1.54, 1.807) is 0 Å². The van der Waals surface area contributed by atoms with Gasteiger partial charge in [-0.1, -0.05) is 136 Å². The third kappa shape index (κ3) is 35.6. The van der Waals surface area contributed by atoms with Gasteiger partial charge in [-0.15, -0.1) is 0 Å². The van der Waals surface area contributed by atoms with Crippen molar-refractivity contribution in [2.24, 2.45) is 0 Å². The van der Waals surface area contributed by atoms with Crippen molar-refractivity contribution in [1.29, 1.82) is 0 Å². The van der Waals surface area contributed by atoms with E-state index in [4.69, 9.17) is 9.47 Å². The number of unbranched alkanes of at least 4 members (excludes halogenated alkanes) is 19. The van der Waals surface area contributed by atoms with Crippen molar-refractivity contribution in [3.05, 3.63) is 0 Å². The molecule has 0 unspecified atom stereocenters. The molecule has 8 nitrogen and oxygen atoms in total. The van der Waals surface area contributed by atoms with E-state index in [0.29, 0.717) is 39.0 Å². The molecule has 0 amide bonds. The maximum Gasteiger partial charge on any atom is 0.306 e. The monoisotopic (exact) mass is 727 g/mol. The van der Waals surface area contributed by atoms with Crippen LogP contribution in [0.1, 0.15) is 201 Å². The van der Waals surface area contributed by atoms with Crippen LogP contribution >= 0.6 is 0 Å². The van der Waals surface area contributed by atoms with Crippen LogP contribution in [0.3, 0.4) is 0 Å². The van der Waals surface area contributed by atoms with Gasteiger partial charge in [0.15, 0.2) is 0 Å². The van der Waals surface area contributed by atoms with Crippen LogP contribution in [0.25, 0.3) is 0 Å². The van der Waals surface area contributed by atoms with E-state index in [9.17, 15) is 19.8 Å². The summed E-state index contributed by atoms with van der Waals surface area (Å²) < 4.78 is 11.5. The first-order chi connectivity index (χ1) is 25.0. The minimum Gasteiger partial charge on any atom is -0.466 e. The van der Waals surface area contributed by atoms with Gasteiger partial charge in [-0.05, 0) is 64.5 Å². The van der Waals surface area contributed by atoms with Crippen molar-refractivity contribution in [3.8, 4) is 0 Å². The molecule has 304 valence electrons. The molecule has 0 aliphatic heterocycles. The fraction of sp³-hybridized carbons (Fsp3) is 0.953. The highest BCUT2D eigenvalue weighted by molar-refractivity contribution is 5.69. The molecule has 0 heterocycles. The molecule has 0 rings (SSSR count). The van der Waals surface area contributed by atoms with Crippen LogP contribution in [-0.2, 0) is 19.1 Å². The van der Waals surface area contributed by atoms with Crippen molar-refractivity contribution in [2.45, 2.75) is 207 Å². The molecular weight excluding hydrogens is 640 g/mol. The van der Waals surface area contributed by atoms with Crippen molar-refractivity contribution in [3.63, 3.8) is 0 Å². The molecule has 0 atom stereocenters. The number of aliphatic hydroxyl groups excluding tert-OH is 2. The Morgan fingerprint density at radius 1 is 0.451 bits per heavy atom. The second kappa shape index (κ2) is 40.0. The van der Waals surface area contributed by atoms with Gasteiger partial charge in [0.25, 0.3) is 0 Å². The topological polar surface area (TPSA) is 99.5 Å². The number of hydrogen-bond donors (Lipinski definition) is 2. The van der Waals surface area contributed by atoms with Crippen LogP contribution in [-0.4, -0.2) is 97.1 Å². The molecular formula is C43H86N2O6. The highest BCUT2D eigenvalue weighted by Crippen LogP contribution is 2.18. The van der Waals surface area contributed by atoms with Gasteiger partial charge >= 0.3 is 11.9 Å². The highest BCUT2D eigenvalue weighted by atomic mass is 16.5. The number of carbonyl (C=O) groups is 2. The molecule has 51 heavy (non-hydrogen) atoms. The number of rotatable bonds is 41. The molecule has 0 aromatic heterocycles. The van der Waals surface area contributed by atoms with Crippen molar-refractivity contribution < 1.29 is 29.3 Å². The molecule has 0 saturated heterocycles. The fourth-order valence-electron chi connectivity index (χ4n) is 6.77. The molecule has 0 spiro atoms. The van der Waals surface area contributed by atoms with Gasteiger partial charge in [-0.25, -0.2) is 0 Å². The Kier molecular flexibility index (Phi) is 39.0. The third-order valence-corrected chi connectivity index (χ3v) is 10.1. The Bertz CT molecular complexity index is 723. The summed E-state index contributed by atoms with van der Waals surface area (Å²) in [5.74, 6) is -0.167. The molecule has 0 aliphatic rings. The smallest absolute Gasteiger partial charge is 0.306 e. The van der Waals surface area contributed by atoms with E-state index >= 15 is 0 Å². The first-order valence-corrected chi connectivity index (χ1v) is 22.0. The van der Waals surface area contributed by atoms with Gasteiger partial charge in [0.2, 0.25) is 0 Å². The lowest BCUT2D eigenvalue weighted by Gasteiger charge is -2.27. The summed E-state index contributed by atoms with van der Waals surface area (Å²) >= 11 is 0. The number of hydrogen-bond acceptors (Lipinski definition) is 8.